The number of amides is 2. The standard InChI is InChI=1S/C33H32Cl2N4O6S/c1-2-20-36-33(41)31(21-24-10-5-3-6-11-24)37(22-28-29(34)14-9-15-30(28)35)32(40)23-38(25-16-18-26(19-17-25)39(42)43)46(44,45)27-12-7-4-8-13-27/h3-19,31H,2,20-23H2,1H3,(H,36,41)/t31-/m0/s1. The molecule has 4 rings (SSSR count). The average molecular weight is 684 g/mol. The van der Waals surface area contributed by atoms with Gasteiger partial charge in [-0.15, -0.1) is 0 Å². The minimum Gasteiger partial charge on any atom is -0.354 e. The van der Waals surface area contributed by atoms with E-state index in [0.717, 1.165) is 22.0 Å². The summed E-state index contributed by atoms with van der Waals surface area (Å²) in [5.74, 6) is -1.16. The first-order chi connectivity index (χ1) is 22.0. The molecule has 46 heavy (non-hydrogen) atoms. The van der Waals surface area contributed by atoms with E-state index in [4.69, 9.17) is 23.2 Å². The second-order valence-corrected chi connectivity index (χ2v) is 13.0. The fraction of sp³-hybridized carbons (Fsp3) is 0.212. The highest BCUT2D eigenvalue weighted by Gasteiger charge is 2.35. The monoisotopic (exact) mass is 682 g/mol. The molecule has 13 heteroatoms. The Balaban J connectivity index is 1.83. The molecule has 0 fully saturated rings. The Morgan fingerprint density at radius 1 is 0.870 bits per heavy atom. The maximum absolute atomic E-state index is 14.5. The summed E-state index contributed by atoms with van der Waals surface area (Å²) in [5.41, 5.74) is 0.922. The second kappa shape index (κ2) is 15.7. The zero-order valence-corrected chi connectivity index (χ0v) is 27.2. The Kier molecular flexibility index (Phi) is 11.8. The van der Waals surface area contributed by atoms with E-state index in [9.17, 15) is 28.1 Å². The quantitative estimate of drug-likeness (QED) is 0.123. The Labute approximate surface area is 277 Å². The summed E-state index contributed by atoms with van der Waals surface area (Å²) in [6.45, 7) is 1.32. The maximum atomic E-state index is 14.5. The third-order valence-electron chi connectivity index (χ3n) is 7.17. The van der Waals surface area contributed by atoms with E-state index in [1.807, 2.05) is 37.3 Å². The summed E-state index contributed by atoms with van der Waals surface area (Å²) in [6, 6.07) is 25.3. The molecule has 0 bridgehead atoms. The molecule has 1 N–H and O–H groups in total. The van der Waals surface area contributed by atoms with Gasteiger partial charge in [0.15, 0.2) is 0 Å². The van der Waals surface area contributed by atoms with Gasteiger partial charge in [0.2, 0.25) is 11.8 Å². The molecule has 1 atom stereocenters. The van der Waals surface area contributed by atoms with Crippen LogP contribution in [0.3, 0.4) is 0 Å². The molecule has 0 aliphatic heterocycles. The zero-order chi connectivity index (χ0) is 33.3. The van der Waals surface area contributed by atoms with Crippen molar-refractivity contribution in [1.29, 1.82) is 0 Å². The molecule has 240 valence electrons. The van der Waals surface area contributed by atoms with Gasteiger partial charge < -0.3 is 10.2 Å². The highest BCUT2D eigenvalue weighted by atomic mass is 35.5. The van der Waals surface area contributed by atoms with Crippen LogP contribution in [0.25, 0.3) is 0 Å². The first-order valence-electron chi connectivity index (χ1n) is 14.4. The number of halogens is 2. The lowest BCUT2D eigenvalue weighted by Gasteiger charge is -2.34. The van der Waals surface area contributed by atoms with Crippen LogP contribution in [0, 0.1) is 10.1 Å². The minimum absolute atomic E-state index is 0.0218. The van der Waals surface area contributed by atoms with Crippen LogP contribution in [0.5, 0.6) is 0 Å². The van der Waals surface area contributed by atoms with Crippen molar-refractivity contribution in [3.8, 4) is 0 Å². The molecule has 0 saturated carbocycles. The molecule has 0 unspecified atom stereocenters. The molecule has 0 aromatic heterocycles. The van der Waals surface area contributed by atoms with Crippen molar-refractivity contribution in [3.05, 3.63) is 134 Å². The van der Waals surface area contributed by atoms with Crippen molar-refractivity contribution < 1.29 is 22.9 Å². The van der Waals surface area contributed by atoms with Crippen molar-refractivity contribution in [2.75, 3.05) is 17.4 Å². The number of hydrogen-bond acceptors (Lipinski definition) is 6. The van der Waals surface area contributed by atoms with E-state index in [2.05, 4.69) is 5.32 Å². The number of rotatable bonds is 14. The lowest BCUT2D eigenvalue weighted by atomic mass is 10.0. The van der Waals surface area contributed by atoms with E-state index in [0.29, 0.717) is 18.5 Å². The number of anilines is 1. The van der Waals surface area contributed by atoms with Crippen LogP contribution in [-0.2, 0) is 32.6 Å². The summed E-state index contributed by atoms with van der Waals surface area (Å²) in [4.78, 5) is 40.1. The van der Waals surface area contributed by atoms with Gasteiger partial charge in [-0.05, 0) is 48.4 Å². The second-order valence-electron chi connectivity index (χ2n) is 10.3. The van der Waals surface area contributed by atoms with Crippen LogP contribution in [0.2, 0.25) is 10.0 Å². The van der Waals surface area contributed by atoms with Crippen LogP contribution >= 0.6 is 23.2 Å². The van der Waals surface area contributed by atoms with Gasteiger partial charge in [0.25, 0.3) is 15.7 Å². The molecule has 4 aromatic carbocycles. The van der Waals surface area contributed by atoms with Crippen molar-refractivity contribution in [2.24, 2.45) is 0 Å². The van der Waals surface area contributed by atoms with Crippen LogP contribution in [-0.4, -0.2) is 49.2 Å². The summed E-state index contributed by atoms with van der Waals surface area (Å²) in [7, 11) is -4.36. The normalized spacial score (nSPS) is 11.8. The van der Waals surface area contributed by atoms with Crippen LogP contribution in [0.1, 0.15) is 24.5 Å². The van der Waals surface area contributed by atoms with Gasteiger partial charge >= 0.3 is 0 Å². The van der Waals surface area contributed by atoms with Crippen molar-refractivity contribution in [3.63, 3.8) is 0 Å². The molecule has 0 heterocycles. The van der Waals surface area contributed by atoms with E-state index >= 15 is 0 Å². The first kappa shape index (κ1) is 34.4. The van der Waals surface area contributed by atoms with Gasteiger partial charge in [0.05, 0.1) is 15.5 Å². The molecule has 0 radical (unpaired) electrons. The van der Waals surface area contributed by atoms with Crippen LogP contribution in [0.4, 0.5) is 11.4 Å². The van der Waals surface area contributed by atoms with Gasteiger partial charge in [-0.25, -0.2) is 8.42 Å². The molecule has 0 aliphatic rings. The number of nitrogens with one attached hydrogen (secondary N) is 1. The predicted octanol–water partition coefficient (Wildman–Crippen LogP) is 6.26. The number of carbonyl (C=O) groups excluding carboxylic acids is 2. The number of carbonyl (C=O) groups is 2. The molecule has 0 aliphatic carbocycles. The fourth-order valence-corrected chi connectivity index (χ4v) is 6.71. The average Bonchev–Trinajstić information content (AvgIpc) is 3.06. The van der Waals surface area contributed by atoms with Crippen LogP contribution < -0.4 is 9.62 Å². The topological polar surface area (TPSA) is 130 Å². The van der Waals surface area contributed by atoms with Gasteiger partial charge in [-0.3, -0.25) is 24.0 Å². The van der Waals surface area contributed by atoms with E-state index in [1.165, 1.54) is 29.2 Å². The van der Waals surface area contributed by atoms with Gasteiger partial charge in [0.1, 0.15) is 12.6 Å². The highest BCUT2D eigenvalue weighted by Crippen LogP contribution is 2.29. The molecule has 10 nitrogen and oxygen atoms in total. The number of nitro benzene ring substituents is 1. The predicted molar refractivity (Wildman–Crippen MR) is 178 cm³/mol. The summed E-state index contributed by atoms with van der Waals surface area (Å²) < 4.78 is 28.9. The van der Waals surface area contributed by atoms with E-state index in [1.54, 1.807) is 36.4 Å². The number of hydrogen-bond donors (Lipinski definition) is 1. The van der Waals surface area contributed by atoms with E-state index < -0.39 is 39.3 Å². The van der Waals surface area contributed by atoms with Gasteiger partial charge in [-0.1, -0.05) is 84.7 Å². The molecule has 0 saturated heterocycles. The fourth-order valence-electron chi connectivity index (χ4n) is 4.76. The maximum Gasteiger partial charge on any atom is 0.269 e. The van der Waals surface area contributed by atoms with Crippen molar-refractivity contribution in [1.82, 2.24) is 10.2 Å². The third-order valence-corrected chi connectivity index (χ3v) is 9.67. The summed E-state index contributed by atoms with van der Waals surface area (Å²) >= 11 is 13.0. The largest absolute Gasteiger partial charge is 0.354 e. The molecule has 4 aromatic rings. The molecular weight excluding hydrogens is 651 g/mol. The number of benzene rings is 4. The first-order valence-corrected chi connectivity index (χ1v) is 16.6. The smallest absolute Gasteiger partial charge is 0.269 e. The summed E-state index contributed by atoms with van der Waals surface area (Å²) in [6.07, 6.45) is 0.768. The number of sulfonamides is 1. The van der Waals surface area contributed by atoms with Crippen molar-refractivity contribution in [2.45, 2.75) is 37.2 Å². The Bertz CT molecular complexity index is 1760. The molecule has 2 amide bonds. The molecule has 0 spiro atoms. The summed E-state index contributed by atoms with van der Waals surface area (Å²) in [5, 5.41) is 14.7. The molecular formula is C33H32Cl2N4O6S. The zero-order valence-electron chi connectivity index (χ0n) is 24.9. The Hall–Kier alpha value is -4.45. The van der Waals surface area contributed by atoms with Gasteiger partial charge in [-0.2, -0.15) is 0 Å². The Morgan fingerprint density at radius 2 is 1.46 bits per heavy atom. The van der Waals surface area contributed by atoms with E-state index in [-0.39, 0.29) is 39.3 Å². The minimum atomic E-state index is -4.36. The number of non-ortho nitro benzene ring substituents is 1. The third kappa shape index (κ3) is 8.42. The lowest BCUT2D eigenvalue weighted by Crippen LogP contribution is -2.53. The van der Waals surface area contributed by atoms with Crippen molar-refractivity contribution >= 4 is 56.4 Å². The lowest BCUT2D eigenvalue weighted by molar-refractivity contribution is -0.384. The Morgan fingerprint density at radius 3 is 2.02 bits per heavy atom. The number of nitro groups is 1. The van der Waals surface area contributed by atoms with Gasteiger partial charge in [0, 0.05) is 47.3 Å². The SMILES string of the molecule is CCCNC(=O)[C@H](Cc1ccccc1)N(Cc1c(Cl)cccc1Cl)C(=O)CN(c1ccc([N+](=O)[O-])cc1)S(=O)(=O)c1ccccc1. The highest BCUT2D eigenvalue weighted by molar-refractivity contribution is 7.92. The van der Waals surface area contributed by atoms with Crippen LogP contribution in [0.15, 0.2) is 108 Å². The number of nitrogens with zero attached hydrogens (tertiary/aromatic N) is 3.